The van der Waals surface area contributed by atoms with E-state index in [1.165, 1.54) is 11.1 Å². The first-order valence-corrected chi connectivity index (χ1v) is 3.45. The molecule has 0 saturated heterocycles. The van der Waals surface area contributed by atoms with Crippen molar-refractivity contribution in [3.63, 3.8) is 0 Å². The van der Waals surface area contributed by atoms with Crippen molar-refractivity contribution in [1.29, 1.82) is 0 Å². The lowest BCUT2D eigenvalue weighted by atomic mass is 10.2. The van der Waals surface area contributed by atoms with Crippen molar-refractivity contribution in [2.75, 3.05) is 6.54 Å². The first-order valence-electron chi connectivity index (χ1n) is 3.45. The number of rotatable bonds is 2. The van der Waals surface area contributed by atoms with Gasteiger partial charge in [0.1, 0.15) is 0 Å². The summed E-state index contributed by atoms with van der Waals surface area (Å²) in [5.74, 6) is 0. The van der Waals surface area contributed by atoms with Crippen LogP contribution in [-0.4, -0.2) is 6.54 Å². The van der Waals surface area contributed by atoms with Crippen LogP contribution in [0.4, 0.5) is 0 Å². The summed E-state index contributed by atoms with van der Waals surface area (Å²) in [5, 5.41) is 0. The van der Waals surface area contributed by atoms with Crippen LogP contribution in [0.5, 0.6) is 0 Å². The van der Waals surface area contributed by atoms with Crippen LogP contribution in [0.1, 0.15) is 19.8 Å². The molecule has 0 radical (unpaired) electrons. The minimum Gasteiger partial charge on any atom is -0.327 e. The van der Waals surface area contributed by atoms with Gasteiger partial charge in [-0.2, -0.15) is 0 Å². The third-order valence-electron chi connectivity index (χ3n) is 1.69. The van der Waals surface area contributed by atoms with Crippen LogP contribution in [0.15, 0.2) is 23.3 Å². The lowest BCUT2D eigenvalue weighted by Gasteiger charge is -1.90. The highest BCUT2D eigenvalue weighted by molar-refractivity contribution is 5.32. The van der Waals surface area contributed by atoms with E-state index in [1.54, 1.807) is 0 Å². The van der Waals surface area contributed by atoms with Crippen LogP contribution >= 0.6 is 0 Å². The highest BCUT2D eigenvalue weighted by Gasteiger charge is 2.01. The van der Waals surface area contributed by atoms with Crippen molar-refractivity contribution < 1.29 is 0 Å². The van der Waals surface area contributed by atoms with Gasteiger partial charge in [-0.1, -0.05) is 30.2 Å². The van der Waals surface area contributed by atoms with Crippen molar-refractivity contribution in [3.8, 4) is 0 Å². The summed E-state index contributed by atoms with van der Waals surface area (Å²) in [7, 11) is 0. The molecule has 0 atom stereocenters. The van der Waals surface area contributed by atoms with E-state index in [1.807, 2.05) is 0 Å². The molecule has 0 aromatic heterocycles. The Balaban J connectivity index is 2.52. The maximum absolute atomic E-state index is 5.45. The van der Waals surface area contributed by atoms with Gasteiger partial charge in [0.2, 0.25) is 0 Å². The zero-order valence-electron chi connectivity index (χ0n) is 5.85. The van der Waals surface area contributed by atoms with Gasteiger partial charge in [0.15, 0.2) is 0 Å². The predicted octanol–water partition coefficient (Wildman–Crippen LogP) is 1.61. The van der Waals surface area contributed by atoms with E-state index < -0.39 is 0 Å². The van der Waals surface area contributed by atoms with Crippen LogP contribution in [0, 0.1) is 0 Å². The van der Waals surface area contributed by atoms with E-state index in [0.717, 1.165) is 19.4 Å². The van der Waals surface area contributed by atoms with Crippen molar-refractivity contribution >= 4 is 0 Å². The third-order valence-corrected chi connectivity index (χ3v) is 1.69. The molecular weight excluding hydrogens is 110 g/mol. The first-order chi connectivity index (χ1) is 4.36. The van der Waals surface area contributed by atoms with Crippen LogP contribution in [0.25, 0.3) is 0 Å². The van der Waals surface area contributed by atoms with Crippen LogP contribution in [0.3, 0.4) is 0 Å². The van der Waals surface area contributed by atoms with E-state index in [2.05, 4.69) is 19.1 Å². The molecule has 0 aliphatic heterocycles. The Labute approximate surface area is 56.2 Å². The van der Waals surface area contributed by atoms with Gasteiger partial charge in [0.25, 0.3) is 0 Å². The highest BCUT2D eigenvalue weighted by atomic mass is 14.5. The van der Waals surface area contributed by atoms with Gasteiger partial charge >= 0.3 is 0 Å². The maximum atomic E-state index is 5.45. The molecule has 1 aliphatic carbocycles. The Kier molecular flexibility index (Phi) is 2.06. The number of hydrogen-bond donors (Lipinski definition) is 1. The van der Waals surface area contributed by atoms with Gasteiger partial charge in [0.05, 0.1) is 0 Å². The van der Waals surface area contributed by atoms with Crippen LogP contribution in [0.2, 0.25) is 0 Å². The fourth-order valence-corrected chi connectivity index (χ4v) is 1.03. The van der Waals surface area contributed by atoms with E-state index in [4.69, 9.17) is 5.73 Å². The Bertz CT molecular complexity index is 154. The zero-order valence-corrected chi connectivity index (χ0v) is 5.85. The predicted molar refractivity (Wildman–Crippen MR) is 40.1 cm³/mol. The molecule has 0 heterocycles. The molecule has 9 heavy (non-hydrogen) atoms. The quantitative estimate of drug-likeness (QED) is 0.593. The molecule has 0 saturated carbocycles. The molecule has 1 nitrogen and oxygen atoms in total. The number of allylic oxidation sites excluding steroid dienone is 3. The summed E-state index contributed by atoms with van der Waals surface area (Å²) in [6.07, 6.45) is 6.69. The molecule has 0 bridgehead atoms. The van der Waals surface area contributed by atoms with E-state index in [0.29, 0.717) is 0 Å². The lowest BCUT2D eigenvalue weighted by molar-refractivity contribution is 1.09. The maximum Gasteiger partial charge on any atom is 0.0143 e. The second-order valence-corrected chi connectivity index (χ2v) is 2.34. The van der Waals surface area contributed by atoms with Gasteiger partial charge < -0.3 is 5.73 Å². The molecule has 0 fully saturated rings. The number of nitrogens with two attached hydrogens (primary N) is 1. The Morgan fingerprint density at radius 3 is 2.78 bits per heavy atom. The fraction of sp³-hybridized carbons (Fsp3) is 0.500. The molecular formula is C8H13N. The largest absolute Gasteiger partial charge is 0.327 e. The lowest BCUT2D eigenvalue weighted by Crippen LogP contribution is -2.00. The van der Waals surface area contributed by atoms with E-state index >= 15 is 0 Å². The molecule has 0 aromatic carbocycles. The SMILES string of the molecule is CCC1=CCC(CN)=C1. The molecule has 0 amide bonds. The fourth-order valence-electron chi connectivity index (χ4n) is 1.03. The average Bonchev–Trinajstić information content (AvgIpc) is 2.34. The minimum absolute atomic E-state index is 0.722. The monoisotopic (exact) mass is 123 g/mol. The van der Waals surface area contributed by atoms with E-state index in [9.17, 15) is 0 Å². The van der Waals surface area contributed by atoms with E-state index in [-0.39, 0.29) is 0 Å². The average molecular weight is 123 g/mol. The van der Waals surface area contributed by atoms with Gasteiger partial charge in [-0.25, -0.2) is 0 Å². The van der Waals surface area contributed by atoms with Crippen molar-refractivity contribution in [3.05, 3.63) is 23.3 Å². The van der Waals surface area contributed by atoms with Crippen molar-refractivity contribution in [2.45, 2.75) is 19.8 Å². The molecule has 2 N–H and O–H groups in total. The summed E-state index contributed by atoms with van der Waals surface area (Å²) in [4.78, 5) is 0. The third kappa shape index (κ3) is 1.42. The molecule has 0 spiro atoms. The normalized spacial score (nSPS) is 17.6. The first kappa shape index (κ1) is 6.56. The second-order valence-electron chi connectivity index (χ2n) is 2.34. The molecule has 1 aliphatic rings. The molecule has 1 heteroatoms. The Hall–Kier alpha value is -0.560. The standard InChI is InChI=1S/C8H13N/c1-2-7-3-4-8(5-7)6-9/h3,5H,2,4,6,9H2,1H3. The summed E-state index contributed by atoms with van der Waals surface area (Å²) >= 11 is 0. The smallest absolute Gasteiger partial charge is 0.0143 e. The molecule has 1 rings (SSSR count). The zero-order chi connectivity index (χ0) is 6.69. The topological polar surface area (TPSA) is 26.0 Å². The van der Waals surface area contributed by atoms with Gasteiger partial charge in [0, 0.05) is 6.54 Å². The molecule has 0 unspecified atom stereocenters. The summed E-state index contributed by atoms with van der Waals surface area (Å²) in [6.45, 7) is 2.89. The highest BCUT2D eigenvalue weighted by Crippen LogP contribution is 2.17. The summed E-state index contributed by atoms with van der Waals surface area (Å²) < 4.78 is 0. The summed E-state index contributed by atoms with van der Waals surface area (Å²) in [5.41, 5.74) is 8.26. The number of hydrogen-bond acceptors (Lipinski definition) is 1. The second kappa shape index (κ2) is 2.83. The van der Waals surface area contributed by atoms with Crippen LogP contribution in [-0.2, 0) is 0 Å². The molecule has 50 valence electrons. The van der Waals surface area contributed by atoms with Gasteiger partial charge in [-0.05, 0) is 12.8 Å². The van der Waals surface area contributed by atoms with Gasteiger partial charge in [-0.3, -0.25) is 0 Å². The summed E-state index contributed by atoms with van der Waals surface area (Å²) in [6, 6.07) is 0. The van der Waals surface area contributed by atoms with Crippen molar-refractivity contribution in [2.24, 2.45) is 5.73 Å². The molecule has 0 aromatic rings. The Morgan fingerprint density at radius 2 is 2.44 bits per heavy atom. The minimum atomic E-state index is 0.722. The Morgan fingerprint density at radius 1 is 1.67 bits per heavy atom. The van der Waals surface area contributed by atoms with Crippen molar-refractivity contribution in [1.82, 2.24) is 0 Å². The van der Waals surface area contributed by atoms with Crippen LogP contribution < -0.4 is 5.73 Å². The van der Waals surface area contributed by atoms with Gasteiger partial charge in [-0.15, -0.1) is 0 Å².